The second-order valence-electron chi connectivity index (χ2n) is 9.06. The number of amides is 3. The number of piperazine rings is 1. The summed E-state index contributed by atoms with van der Waals surface area (Å²) in [4.78, 5) is 53.8. The van der Waals surface area contributed by atoms with Crippen LogP contribution in [0.1, 0.15) is 20.4 Å². The number of anilines is 4. The number of thiazole rings is 1. The second-order valence-corrected chi connectivity index (χ2v) is 10.1. The lowest BCUT2D eigenvalue weighted by atomic mass is 10.2. The molecule has 1 saturated heterocycles. The van der Waals surface area contributed by atoms with E-state index in [1.165, 1.54) is 16.2 Å². The van der Waals surface area contributed by atoms with Gasteiger partial charge < -0.3 is 31.1 Å². The third kappa shape index (κ3) is 5.54. The van der Waals surface area contributed by atoms with Crippen LogP contribution in [0, 0.1) is 0 Å². The third-order valence-corrected chi connectivity index (χ3v) is 7.53. The number of hydrogen-bond acceptors (Lipinski definition) is 9. The molecule has 0 bridgehead atoms. The fourth-order valence-electron chi connectivity index (χ4n) is 4.26. The predicted octanol–water partition coefficient (Wildman–Crippen LogP) is 1.65. The topological polar surface area (TPSA) is 137 Å². The van der Waals surface area contributed by atoms with Gasteiger partial charge in [0.1, 0.15) is 5.82 Å². The van der Waals surface area contributed by atoms with Gasteiger partial charge in [0.25, 0.3) is 5.91 Å². The van der Waals surface area contributed by atoms with E-state index in [1.54, 1.807) is 36.5 Å². The number of pyridine rings is 1. The van der Waals surface area contributed by atoms with Crippen molar-refractivity contribution in [3.05, 3.63) is 58.2 Å². The summed E-state index contributed by atoms with van der Waals surface area (Å²) in [6.07, 6.45) is 2.04. The highest BCUT2D eigenvalue weighted by Gasteiger charge is 2.29. The number of hydrogen-bond donors (Lipinski definition) is 3. The molecule has 0 atom stereocenters. The van der Waals surface area contributed by atoms with Crippen LogP contribution in [0.4, 0.5) is 22.9 Å². The zero-order chi connectivity index (χ0) is 25.9. The Kier molecular flexibility index (Phi) is 7.01. The van der Waals surface area contributed by atoms with Gasteiger partial charge in [-0.25, -0.2) is 9.97 Å². The molecule has 37 heavy (non-hydrogen) atoms. The number of nitrogen functional groups attached to an aromatic ring is 1. The predicted molar refractivity (Wildman–Crippen MR) is 143 cm³/mol. The van der Waals surface area contributed by atoms with Gasteiger partial charge in [-0.15, -0.1) is 11.3 Å². The molecule has 0 unspecified atom stereocenters. The first-order valence-corrected chi connectivity index (χ1v) is 12.8. The Morgan fingerprint density at radius 3 is 2.51 bits per heavy atom. The van der Waals surface area contributed by atoms with E-state index < -0.39 is 11.8 Å². The van der Waals surface area contributed by atoms with Gasteiger partial charge in [-0.3, -0.25) is 14.4 Å². The molecule has 192 valence electrons. The standard InChI is InChI=1S/C25H28N8O3S/c1-31-10-12-32(13-11-31)21-7-6-16(14-27-21)28-23(35)25(36)33-9-8-19-20(15-33)37-24(30-19)22(34)29-18-5-3-2-4-17(18)26/h2-7,14H,8-13,15,26H2,1H3,(H,28,35)(H,29,34). The van der Waals surface area contributed by atoms with Crippen molar-refractivity contribution in [1.82, 2.24) is 19.8 Å². The lowest BCUT2D eigenvalue weighted by Gasteiger charge is -2.33. The number of carbonyl (C=O) groups excluding carboxylic acids is 3. The van der Waals surface area contributed by atoms with Crippen molar-refractivity contribution >= 4 is 51.9 Å². The summed E-state index contributed by atoms with van der Waals surface area (Å²) in [5.74, 6) is -0.869. The van der Waals surface area contributed by atoms with Crippen LogP contribution in [0.3, 0.4) is 0 Å². The first kappa shape index (κ1) is 24.7. The lowest BCUT2D eigenvalue weighted by Crippen LogP contribution is -2.44. The molecule has 2 aliphatic rings. The normalized spacial score (nSPS) is 15.7. The van der Waals surface area contributed by atoms with Crippen molar-refractivity contribution in [3.63, 3.8) is 0 Å². The molecule has 3 aromatic rings. The van der Waals surface area contributed by atoms with Crippen LogP contribution in [0.2, 0.25) is 0 Å². The molecule has 11 nitrogen and oxygen atoms in total. The van der Waals surface area contributed by atoms with E-state index in [-0.39, 0.29) is 12.5 Å². The zero-order valence-electron chi connectivity index (χ0n) is 20.4. The summed E-state index contributed by atoms with van der Waals surface area (Å²) < 4.78 is 0. The molecular weight excluding hydrogens is 492 g/mol. The van der Waals surface area contributed by atoms with Crippen molar-refractivity contribution in [1.29, 1.82) is 0 Å². The van der Waals surface area contributed by atoms with Crippen LogP contribution in [-0.2, 0) is 22.6 Å². The number of benzene rings is 1. The molecule has 2 aliphatic heterocycles. The van der Waals surface area contributed by atoms with E-state index in [2.05, 4.69) is 37.4 Å². The summed E-state index contributed by atoms with van der Waals surface area (Å²) in [6.45, 7) is 4.30. The molecule has 0 saturated carbocycles. The number of carbonyl (C=O) groups is 3. The van der Waals surface area contributed by atoms with Crippen LogP contribution >= 0.6 is 11.3 Å². The Hall–Kier alpha value is -4.03. The van der Waals surface area contributed by atoms with E-state index in [4.69, 9.17) is 5.73 Å². The van der Waals surface area contributed by atoms with Crippen molar-refractivity contribution in [2.24, 2.45) is 0 Å². The van der Waals surface area contributed by atoms with Gasteiger partial charge in [0.05, 0.1) is 35.5 Å². The highest BCUT2D eigenvalue weighted by Crippen LogP contribution is 2.27. The summed E-state index contributed by atoms with van der Waals surface area (Å²) in [5.41, 5.74) is 8.11. The van der Waals surface area contributed by atoms with E-state index in [0.717, 1.165) is 42.6 Å². The zero-order valence-corrected chi connectivity index (χ0v) is 21.3. The van der Waals surface area contributed by atoms with Crippen LogP contribution in [0.15, 0.2) is 42.6 Å². The van der Waals surface area contributed by atoms with Crippen LogP contribution < -0.4 is 21.3 Å². The highest BCUT2D eigenvalue weighted by molar-refractivity contribution is 7.13. The van der Waals surface area contributed by atoms with Gasteiger partial charge in [0.15, 0.2) is 5.01 Å². The number of likely N-dealkylation sites (N-methyl/N-ethyl adjacent to an activating group) is 1. The minimum atomic E-state index is -0.723. The number of aromatic nitrogens is 2. The van der Waals surface area contributed by atoms with Crippen molar-refractivity contribution in [2.75, 3.05) is 61.0 Å². The van der Waals surface area contributed by atoms with E-state index in [1.807, 2.05) is 6.07 Å². The number of nitrogens with one attached hydrogen (secondary N) is 2. The SMILES string of the molecule is CN1CCN(c2ccc(NC(=O)C(=O)N3CCc4nc(C(=O)Nc5ccccc5N)sc4C3)cn2)CC1. The van der Waals surface area contributed by atoms with Crippen molar-refractivity contribution < 1.29 is 14.4 Å². The number of nitrogens with zero attached hydrogens (tertiary/aromatic N) is 5. The second kappa shape index (κ2) is 10.5. The molecule has 5 rings (SSSR count). The Morgan fingerprint density at radius 1 is 1.00 bits per heavy atom. The molecule has 1 fully saturated rings. The molecule has 0 spiro atoms. The number of rotatable bonds is 4. The van der Waals surface area contributed by atoms with Gasteiger partial charge in [-0.1, -0.05) is 12.1 Å². The number of para-hydroxylation sites is 2. The largest absolute Gasteiger partial charge is 0.397 e. The summed E-state index contributed by atoms with van der Waals surface area (Å²) in [5, 5.41) is 5.71. The van der Waals surface area contributed by atoms with Crippen LogP contribution in [-0.4, -0.2) is 77.3 Å². The molecule has 12 heteroatoms. The third-order valence-electron chi connectivity index (χ3n) is 6.45. The summed E-state index contributed by atoms with van der Waals surface area (Å²) in [7, 11) is 2.09. The fraction of sp³-hybridized carbons (Fsp3) is 0.320. The van der Waals surface area contributed by atoms with Gasteiger partial charge in [0, 0.05) is 44.0 Å². The van der Waals surface area contributed by atoms with Crippen LogP contribution in [0.25, 0.3) is 0 Å². The molecule has 0 aliphatic carbocycles. The maximum atomic E-state index is 12.8. The molecule has 2 aromatic heterocycles. The first-order chi connectivity index (χ1) is 17.9. The van der Waals surface area contributed by atoms with Crippen molar-refractivity contribution in [3.8, 4) is 0 Å². The van der Waals surface area contributed by atoms with Gasteiger partial charge >= 0.3 is 11.8 Å². The number of fused-ring (bicyclic) bond motifs is 1. The Labute approximate surface area is 218 Å². The first-order valence-electron chi connectivity index (χ1n) is 12.0. The van der Waals surface area contributed by atoms with Crippen LogP contribution in [0.5, 0.6) is 0 Å². The number of nitrogens with two attached hydrogens (primary N) is 1. The van der Waals surface area contributed by atoms with E-state index in [0.29, 0.717) is 35.0 Å². The molecule has 3 amide bonds. The maximum Gasteiger partial charge on any atom is 0.313 e. The van der Waals surface area contributed by atoms with E-state index >= 15 is 0 Å². The van der Waals surface area contributed by atoms with E-state index in [9.17, 15) is 14.4 Å². The maximum absolute atomic E-state index is 12.8. The average molecular weight is 521 g/mol. The summed E-state index contributed by atoms with van der Waals surface area (Å²) >= 11 is 1.21. The fourth-order valence-corrected chi connectivity index (χ4v) is 5.28. The van der Waals surface area contributed by atoms with Gasteiger partial charge in [-0.2, -0.15) is 0 Å². The quantitative estimate of drug-likeness (QED) is 0.349. The van der Waals surface area contributed by atoms with Crippen molar-refractivity contribution in [2.45, 2.75) is 13.0 Å². The van der Waals surface area contributed by atoms with Gasteiger partial charge in [0.2, 0.25) is 0 Å². The Morgan fingerprint density at radius 2 is 1.78 bits per heavy atom. The smallest absolute Gasteiger partial charge is 0.313 e. The van der Waals surface area contributed by atoms with Gasteiger partial charge in [-0.05, 0) is 31.3 Å². The monoisotopic (exact) mass is 520 g/mol. The molecule has 4 N–H and O–H groups in total. The minimum Gasteiger partial charge on any atom is -0.397 e. The lowest BCUT2D eigenvalue weighted by molar-refractivity contribution is -0.143. The highest BCUT2D eigenvalue weighted by atomic mass is 32.1. The Balaban J connectivity index is 1.18. The summed E-state index contributed by atoms with van der Waals surface area (Å²) in [6, 6.07) is 10.6. The Bertz CT molecular complexity index is 1320. The minimum absolute atomic E-state index is 0.223. The molecule has 0 radical (unpaired) electrons. The molecule has 1 aromatic carbocycles. The molecular formula is C25H28N8O3S. The molecule has 4 heterocycles. The average Bonchev–Trinajstić information content (AvgIpc) is 3.34.